The van der Waals surface area contributed by atoms with Gasteiger partial charge in [0.1, 0.15) is 5.82 Å². The third kappa shape index (κ3) is 2.09. The molecule has 0 saturated heterocycles. The smallest absolute Gasteiger partial charge is 0.147 e. The van der Waals surface area contributed by atoms with Gasteiger partial charge in [-0.05, 0) is 47.7 Å². The van der Waals surface area contributed by atoms with Gasteiger partial charge in [-0.15, -0.1) is 0 Å². The second-order valence-corrected chi connectivity index (χ2v) is 6.52. The summed E-state index contributed by atoms with van der Waals surface area (Å²) in [5, 5.41) is 3.42. The number of allylic oxidation sites excluding steroid dienone is 2. The molecule has 4 rings (SSSR count). The topological polar surface area (TPSA) is 24.9 Å². The van der Waals surface area contributed by atoms with Gasteiger partial charge >= 0.3 is 0 Å². The first kappa shape index (κ1) is 13.0. The van der Waals surface area contributed by atoms with Crippen LogP contribution in [-0.4, -0.2) is 4.98 Å². The zero-order valence-electron chi connectivity index (χ0n) is 11.3. The predicted molar refractivity (Wildman–Crippen MR) is 84.7 cm³/mol. The van der Waals surface area contributed by atoms with E-state index in [1.807, 2.05) is 18.2 Å². The number of aromatic nitrogens is 1. The van der Waals surface area contributed by atoms with E-state index < -0.39 is 0 Å². The molecule has 0 bridgehead atoms. The van der Waals surface area contributed by atoms with Crippen LogP contribution in [0.25, 0.3) is 0 Å². The SMILES string of the molecule is Fc1cc(Br)cc2c1N[C@H](c1ccncc1)[C@@H]1CC=C[C@H]21. The lowest BCUT2D eigenvalue weighted by Gasteiger charge is -2.37. The van der Waals surface area contributed by atoms with Crippen molar-refractivity contribution in [1.82, 2.24) is 4.98 Å². The average Bonchev–Trinajstić information content (AvgIpc) is 2.97. The van der Waals surface area contributed by atoms with Crippen LogP contribution >= 0.6 is 15.9 Å². The van der Waals surface area contributed by atoms with Crippen LogP contribution in [-0.2, 0) is 0 Å². The van der Waals surface area contributed by atoms with Gasteiger partial charge in [0, 0.05) is 22.8 Å². The zero-order chi connectivity index (χ0) is 14.4. The Morgan fingerprint density at radius 3 is 2.86 bits per heavy atom. The maximum Gasteiger partial charge on any atom is 0.147 e. The van der Waals surface area contributed by atoms with Crippen molar-refractivity contribution in [3.63, 3.8) is 0 Å². The van der Waals surface area contributed by atoms with Gasteiger partial charge < -0.3 is 5.32 Å². The van der Waals surface area contributed by atoms with Crippen molar-refractivity contribution in [2.24, 2.45) is 5.92 Å². The first-order valence-corrected chi connectivity index (χ1v) is 7.85. The van der Waals surface area contributed by atoms with E-state index in [1.165, 1.54) is 6.07 Å². The first-order valence-electron chi connectivity index (χ1n) is 7.06. The summed E-state index contributed by atoms with van der Waals surface area (Å²) in [5.74, 6) is 0.497. The second kappa shape index (κ2) is 4.95. The number of halogens is 2. The molecule has 0 unspecified atom stereocenters. The number of nitrogens with zero attached hydrogens (tertiary/aromatic N) is 1. The number of nitrogens with one attached hydrogen (secondary N) is 1. The minimum absolute atomic E-state index is 0.121. The summed E-state index contributed by atoms with van der Waals surface area (Å²) in [5.41, 5.74) is 2.84. The highest BCUT2D eigenvalue weighted by Gasteiger charge is 2.39. The predicted octanol–water partition coefficient (Wildman–Crippen LogP) is 4.81. The van der Waals surface area contributed by atoms with Crippen LogP contribution in [0.1, 0.15) is 29.5 Å². The Morgan fingerprint density at radius 1 is 1.24 bits per heavy atom. The number of pyridine rings is 1. The van der Waals surface area contributed by atoms with Crippen molar-refractivity contribution in [2.75, 3.05) is 5.32 Å². The largest absolute Gasteiger partial charge is 0.375 e. The van der Waals surface area contributed by atoms with E-state index >= 15 is 0 Å². The zero-order valence-corrected chi connectivity index (χ0v) is 12.8. The van der Waals surface area contributed by atoms with E-state index in [2.05, 4.69) is 38.4 Å². The van der Waals surface area contributed by atoms with Crippen LogP contribution < -0.4 is 5.32 Å². The van der Waals surface area contributed by atoms with Gasteiger partial charge in [0.05, 0.1) is 11.7 Å². The Hall–Kier alpha value is -1.68. The lowest BCUT2D eigenvalue weighted by Crippen LogP contribution is -2.29. The van der Waals surface area contributed by atoms with E-state index in [4.69, 9.17) is 0 Å². The molecular weight excluding hydrogens is 331 g/mol. The summed E-state index contributed by atoms with van der Waals surface area (Å²) < 4.78 is 15.1. The van der Waals surface area contributed by atoms with Crippen molar-refractivity contribution in [2.45, 2.75) is 18.4 Å². The van der Waals surface area contributed by atoms with Gasteiger partial charge in [-0.25, -0.2) is 4.39 Å². The van der Waals surface area contributed by atoms with Gasteiger partial charge in [0.15, 0.2) is 0 Å². The maximum atomic E-state index is 14.3. The summed E-state index contributed by atoms with van der Waals surface area (Å²) in [6.07, 6.45) is 9.02. The highest BCUT2D eigenvalue weighted by atomic mass is 79.9. The fourth-order valence-corrected chi connectivity index (χ4v) is 3.97. The fourth-order valence-electron chi connectivity index (χ4n) is 3.52. The van der Waals surface area contributed by atoms with Crippen molar-refractivity contribution in [1.29, 1.82) is 0 Å². The van der Waals surface area contributed by atoms with Crippen LogP contribution in [0.2, 0.25) is 0 Å². The molecule has 1 aromatic heterocycles. The molecule has 1 aliphatic carbocycles. The Labute approximate surface area is 131 Å². The molecule has 21 heavy (non-hydrogen) atoms. The second-order valence-electron chi connectivity index (χ2n) is 5.61. The molecule has 1 aliphatic heterocycles. The van der Waals surface area contributed by atoms with Crippen molar-refractivity contribution in [3.8, 4) is 0 Å². The molecule has 2 aromatic rings. The number of fused-ring (bicyclic) bond motifs is 3. The molecule has 3 atom stereocenters. The van der Waals surface area contributed by atoms with Gasteiger partial charge in [0.2, 0.25) is 0 Å². The highest BCUT2D eigenvalue weighted by molar-refractivity contribution is 9.10. The monoisotopic (exact) mass is 344 g/mol. The molecule has 2 nitrogen and oxygen atoms in total. The normalized spacial score (nSPS) is 26.1. The van der Waals surface area contributed by atoms with Crippen molar-refractivity contribution >= 4 is 21.6 Å². The van der Waals surface area contributed by atoms with Gasteiger partial charge in [-0.2, -0.15) is 0 Å². The minimum atomic E-state index is -0.197. The van der Waals surface area contributed by atoms with Crippen LogP contribution in [0.4, 0.5) is 10.1 Å². The summed E-state index contributed by atoms with van der Waals surface area (Å²) in [7, 11) is 0. The Kier molecular flexibility index (Phi) is 3.07. The molecule has 106 valence electrons. The standard InChI is InChI=1S/C17H14BrFN2/c18-11-8-14-12-2-1-3-13(12)16(10-4-6-20-7-5-10)21-17(14)15(19)9-11/h1-2,4-9,12-13,16,21H,3H2/t12-,13+,16+/m0/s1. The van der Waals surface area contributed by atoms with E-state index in [0.29, 0.717) is 11.6 Å². The molecule has 0 saturated carbocycles. The Morgan fingerprint density at radius 2 is 2.05 bits per heavy atom. The van der Waals surface area contributed by atoms with E-state index in [-0.39, 0.29) is 17.8 Å². The Bertz CT molecular complexity index is 714. The molecule has 0 fully saturated rings. The van der Waals surface area contributed by atoms with E-state index in [1.54, 1.807) is 12.4 Å². The lowest BCUT2D eigenvalue weighted by atomic mass is 9.77. The Balaban J connectivity index is 1.84. The molecule has 4 heteroatoms. The minimum Gasteiger partial charge on any atom is -0.375 e. The first-order chi connectivity index (χ1) is 10.2. The molecular formula is C17H14BrFN2. The van der Waals surface area contributed by atoms with Crippen LogP contribution in [0.3, 0.4) is 0 Å². The molecule has 0 radical (unpaired) electrons. The van der Waals surface area contributed by atoms with E-state index in [0.717, 1.165) is 22.0 Å². The molecule has 0 spiro atoms. The molecule has 2 heterocycles. The van der Waals surface area contributed by atoms with E-state index in [9.17, 15) is 4.39 Å². The maximum absolute atomic E-state index is 14.3. The number of rotatable bonds is 1. The quantitative estimate of drug-likeness (QED) is 0.751. The molecule has 2 aliphatic rings. The summed E-state index contributed by atoms with van der Waals surface area (Å²) in [4.78, 5) is 4.08. The summed E-state index contributed by atoms with van der Waals surface area (Å²) in [6.45, 7) is 0. The number of benzene rings is 1. The highest BCUT2D eigenvalue weighted by Crippen LogP contribution is 2.50. The van der Waals surface area contributed by atoms with Gasteiger partial charge in [0.25, 0.3) is 0 Å². The lowest BCUT2D eigenvalue weighted by molar-refractivity contribution is 0.420. The van der Waals surface area contributed by atoms with Crippen molar-refractivity contribution in [3.05, 3.63) is 70.2 Å². The third-order valence-corrected chi connectivity index (χ3v) is 4.91. The number of hydrogen-bond donors (Lipinski definition) is 1. The van der Waals surface area contributed by atoms with Gasteiger partial charge in [-0.1, -0.05) is 28.1 Å². The fraction of sp³-hybridized carbons (Fsp3) is 0.235. The van der Waals surface area contributed by atoms with Crippen LogP contribution in [0.15, 0.2) is 53.3 Å². The van der Waals surface area contributed by atoms with Crippen molar-refractivity contribution < 1.29 is 4.39 Å². The number of anilines is 1. The third-order valence-electron chi connectivity index (χ3n) is 4.45. The molecule has 1 N–H and O–H groups in total. The summed E-state index contributed by atoms with van der Waals surface area (Å²) >= 11 is 3.40. The van der Waals surface area contributed by atoms with Crippen LogP contribution in [0.5, 0.6) is 0 Å². The average molecular weight is 345 g/mol. The molecule has 1 aromatic carbocycles. The summed E-state index contributed by atoms with van der Waals surface area (Å²) in [6, 6.07) is 7.69. The van der Waals surface area contributed by atoms with Gasteiger partial charge in [-0.3, -0.25) is 4.98 Å². The number of hydrogen-bond acceptors (Lipinski definition) is 2. The molecule has 0 amide bonds. The van der Waals surface area contributed by atoms with Crippen LogP contribution in [0, 0.1) is 11.7 Å².